The minimum Gasteiger partial charge on any atom is -0.309 e. The van der Waals surface area contributed by atoms with E-state index >= 15 is 0 Å². The molecule has 0 amide bonds. The van der Waals surface area contributed by atoms with Gasteiger partial charge in [0, 0.05) is 4.47 Å². The smallest absolute Gasteiger partial charge is 0.0582 e. The molecule has 0 bridgehead atoms. The van der Waals surface area contributed by atoms with Crippen LogP contribution in [-0.4, -0.2) is 7.05 Å². The van der Waals surface area contributed by atoms with Crippen molar-refractivity contribution in [3.63, 3.8) is 0 Å². The fraction of sp³-hybridized carbons (Fsp3) is 0.333. The van der Waals surface area contributed by atoms with E-state index in [1.807, 2.05) is 7.05 Å². The highest BCUT2D eigenvalue weighted by Crippen LogP contribution is 2.32. The van der Waals surface area contributed by atoms with Crippen LogP contribution in [0.2, 0.25) is 0 Å². The molecule has 0 radical (unpaired) electrons. The second-order valence-corrected chi connectivity index (χ2v) is 6.34. The molecule has 0 aliphatic carbocycles. The molecule has 2 aromatic rings. The van der Waals surface area contributed by atoms with Gasteiger partial charge < -0.3 is 5.32 Å². The molecule has 0 heterocycles. The van der Waals surface area contributed by atoms with Crippen LogP contribution in [0.3, 0.4) is 0 Å². The van der Waals surface area contributed by atoms with E-state index in [4.69, 9.17) is 0 Å². The molecule has 106 valence electrons. The first-order chi connectivity index (χ1) is 9.45. The average molecular weight is 332 g/mol. The van der Waals surface area contributed by atoms with E-state index in [0.717, 1.165) is 0 Å². The van der Waals surface area contributed by atoms with Gasteiger partial charge in [-0.05, 0) is 74.2 Å². The zero-order valence-corrected chi connectivity index (χ0v) is 14.4. The van der Waals surface area contributed by atoms with Gasteiger partial charge >= 0.3 is 0 Å². The number of hydrogen-bond acceptors (Lipinski definition) is 1. The number of halogens is 1. The Hall–Kier alpha value is -1.12. The molecule has 2 rings (SSSR count). The molecular formula is C18H22BrN. The standard InChI is InChI=1S/C18H22BrN/c1-11-7-6-8-12(2)17(11)18(20-5)15-9-14(4)16(19)10-13(15)3/h6-10,18,20H,1-5H3. The molecule has 0 aromatic heterocycles. The van der Waals surface area contributed by atoms with Gasteiger partial charge in [-0.1, -0.05) is 40.2 Å². The highest BCUT2D eigenvalue weighted by atomic mass is 79.9. The first-order valence-electron chi connectivity index (χ1n) is 6.95. The third-order valence-electron chi connectivity index (χ3n) is 3.98. The summed E-state index contributed by atoms with van der Waals surface area (Å²) in [6.07, 6.45) is 0. The molecule has 2 heteroatoms. The van der Waals surface area contributed by atoms with Crippen LogP contribution in [0.5, 0.6) is 0 Å². The van der Waals surface area contributed by atoms with E-state index in [-0.39, 0.29) is 6.04 Å². The molecular weight excluding hydrogens is 310 g/mol. The predicted molar refractivity (Wildman–Crippen MR) is 90.4 cm³/mol. The normalized spacial score (nSPS) is 12.5. The Labute approximate surface area is 130 Å². The van der Waals surface area contributed by atoms with Crippen LogP contribution in [0.15, 0.2) is 34.8 Å². The maximum atomic E-state index is 3.62. The summed E-state index contributed by atoms with van der Waals surface area (Å²) in [5.74, 6) is 0. The molecule has 0 saturated carbocycles. The SMILES string of the molecule is CNC(c1cc(C)c(Br)cc1C)c1c(C)cccc1C. The Morgan fingerprint density at radius 3 is 2.05 bits per heavy atom. The fourth-order valence-electron chi connectivity index (χ4n) is 2.85. The summed E-state index contributed by atoms with van der Waals surface area (Å²) < 4.78 is 1.18. The number of aryl methyl sites for hydroxylation is 4. The summed E-state index contributed by atoms with van der Waals surface area (Å²) in [4.78, 5) is 0. The Morgan fingerprint density at radius 1 is 0.900 bits per heavy atom. The van der Waals surface area contributed by atoms with Gasteiger partial charge in [-0.2, -0.15) is 0 Å². The largest absolute Gasteiger partial charge is 0.309 e. The second kappa shape index (κ2) is 6.11. The van der Waals surface area contributed by atoms with E-state index in [2.05, 4.69) is 79.3 Å². The van der Waals surface area contributed by atoms with Crippen molar-refractivity contribution in [2.75, 3.05) is 7.05 Å². The molecule has 0 saturated heterocycles. The summed E-state index contributed by atoms with van der Waals surface area (Å²) in [5.41, 5.74) is 8.00. The van der Waals surface area contributed by atoms with Gasteiger partial charge in [0.1, 0.15) is 0 Å². The molecule has 1 nitrogen and oxygen atoms in total. The van der Waals surface area contributed by atoms with Gasteiger partial charge in [-0.3, -0.25) is 0 Å². The maximum absolute atomic E-state index is 3.62. The van der Waals surface area contributed by atoms with E-state index in [1.165, 1.54) is 37.9 Å². The third kappa shape index (κ3) is 2.82. The molecule has 1 N–H and O–H groups in total. The number of hydrogen-bond donors (Lipinski definition) is 1. The van der Waals surface area contributed by atoms with Gasteiger partial charge in [-0.25, -0.2) is 0 Å². The van der Waals surface area contributed by atoms with Crippen molar-refractivity contribution in [2.45, 2.75) is 33.7 Å². The van der Waals surface area contributed by atoms with Gasteiger partial charge in [0.2, 0.25) is 0 Å². The van der Waals surface area contributed by atoms with Crippen LogP contribution < -0.4 is 5.32 Å². The lowest BCUT2D eigenvalue weighted by atomic mass is 9.88. The van der Waals surface area contributed by atoms with Crippen molar-refractivity contribution in [2.24, 2.45) is 0 Å². The summed E-state index contributed by atoms with van der Waals surface area (Å²) in [5, 5.41) is 3.49. The van der Waals surface area contributed by atoms with Gasteiger partial charge in [-0.15, -0.1) is 0 Å². The van der Waals surface area contributed by atoms with Crippen LogP contribution in [0.4, 0.5) is 0 Å². The maximum Gasteiger partial charge on any atom is 0.0582 e. The zero-order valence-electron chi connectivity index (χ0n) is 12.8. The van der Waals surface area contributed by atoms with E-state index in [9.17, 15) is 0 Å². The summed E-state index contributed by atoms with van der Waals surface area (Å²) in [6, 6.07) is 11.2. The quantitative estimate of drug-likeness (QED) is 0.835. The van der Waals surface area contributed by atoms with E-state index < -0.39 is 0 Å². The number of nitrogens with one attached hydrogen (secondary N) is 1. The van der Waals surface area contributed by atoms with Crippen molar-refractivity contribution in [1.82, 2.24) is 5.32 Å². The Kier molecular flexibility index (Phi) is 4.66. The lowest BCUT2D eigenvalue weighted by molar-refractivity contribution is 0.678. The zero-order chi connectivity index (χ0) is 14.9. The molecule has 1 unspecified atom stereocenters. The highest BCUT2D eigenvalue weighted by Gasteiger charge is 2.18. The van der Waals surface area contributed by atoms with Crippen molar-refractivity contribution in [1.29, 1.82) is 0 Å². The second-order valence-electron chi connectivity index (χ2n) is 5.49. The molecule has 20 heavy (non-hydrogen) atoms. The first kappa shape index (κ1) is 15.3. The van der Waals surface area contributed by atoms with Gasteiger partial charge in [0.15, 0.2) is 0 Å². The average Bonchev–Trinajstić information content (AvgIpc) is 2.39. The molecule has 1 atom stereocenters. The minimum atomic E-state index is 0.239. The van der Waals surface area contributed by atoms with Crippen LogP contribution in [0, 0.1) is 27.7 Å². The molecule has 0 spiro atoms. The summed E-state index contributed by atoms with van der Waals surface area (Å²) in [7, 11) is 2.04. The summed E-state index contributed by atoms with van der Waals surface area (Å²) >= 11 is 3.62. The minimum absolute atomic E-state index is 0.239. The molecule has 0 aliphatic rings. The third-order valence-corrected chi connectivity index (χ3v) is 4.83. The molecule has 2 aromatic carbocycles. The monoisotopic (exact) mass is 331 g/mol. The topological polar surface area (TPSA) is 12.0 Å². The number of rotatable bonds is 3. The molecule has 0 fully saturated rings. The van der Waals surface area contributed by atoms with Crippen molar-refractivity contribution < 1.29 is 0 Å². The number of benzene rings is 2. The van der Waals surface area contributed by atoms with E-state index in [0.29, 0.717) is 0 Å². The Balaban J connectivity index is 2.62. The van der Waals surface area contributed by atoms with Crippen molar-refractivity contribution in [3.05, 3.63) is 68.2 Å². The highest BCUT2D eigenvalue weighted by molar-refractivity contribution is 9.10. The van der Waals surface area contributed by atoms with Crippen molar-refractivity contribution >= 4 is 15.9 Å². The van der Waals surface area contributed by atoms with Gasteiger partial charge in [0.05, 0.1) is 6.04 Å². The van der Waals surface area contributed by atoms with Gasteiger partial charge in [0.25, 0.3) is 0 Å². The predicted octanol–water partition coefficient (Wildman–Crippen LogP) is 4.99. The lowest BCUT2D eigenvalue weighted by Crippen LogP contribution is -2.21. The molecule has 0 aliphatic heterocycles. The Bertz CT molecular complexity index is 611. The van der Waals surface area contributed by atoms with Crippen LogP contribution in [0.25, 0.3) is 0 Å². The lowest BCUT2D eigenvalue weighted by Gasteiger charge is -2.24. The first-order valence-corrected chi connectivity index (χ1v) is 7.75. The van der Waals surface area contributed by atoms with Crippen LogP contribution >= 0.6 is 15.9 Å². The van der Waals surface area contributed by atoms with E-state index in [1.54, 1.807) is 0 Å². The van der Waals surface area contributed by atoms with Crippen molar-refractivity contribution in [3.8, 4) is 0 Å². The summed E-state index contributed by atoms with van der Waals surface area (Å²) in [6.45, 7) is 8.70. The fourth-order valence-corrected chi connectivity index (χ4v) is 3.31. The van der Waals surface area contributed by atoms with Crippen LogP contribution in [-0.2, 0) is 0 Å². The van der Waals surface area contributed by atoms with Crippen LogP contribution in [0.1, 0.15) is 39.4 Å². The Morgan fingerprint density at radius 2 is 1.50 bits per heavy atom.